The second-order valence-corrected chi connectivity index (χ2v) is 12.7. The van der Waals surface area contributed by atoms with E-state index in [2.05, 4.69) is 0 Å². The second-order valence-electron chi connectivity index (χ2n) is 12.7. The Morgan fingerprint density at radius 3 is 1.65 bits per heavy atom. The molecule has 0 saturated heterocycles. The number of allylic oxidation sites excluding steroid dienone is 2. The van der Waals surface area contributed by atoms with Crippen LogP contribution in [0.15, 0.2) is 96.3 Å². The number of aliphatic hydroxyl groups is 2. The lowest BCUT2D eigenvalue weighted by atomic mass is 9.69. The average Bonchev–Trinajstić information content (AvgIpc) is 3.64. The van der Waals surface area contributed by atoms with Gasteiger partial charge < -0.3 is 19.3 Å². The van der Waals surface area contributed by atoms with E-state index >= 15 is 0 Å². The molecule has 4 heterocycles. The fourth-order valence-corrected chi connectivity index (χ4v) is 7.43. The van der Waals surface area contributed by atoms with E-state index in [-0.39, 0.29) is 45.8 Å². The molecule has 46 heavy (non-hydrogen) atoms. The number of hydrogen-bond donors (Lipinski definition) is 2. The molecule has 4 aliphatic rings. The quantitative estimate of drug-likeness (QED) is 0.240. The van der Waals surface area contributed by atoms with Crippen LogP contribution in [0.2, 0.25) is 0 Å². The van der Waals surface area contributed by atoms with E-state index in [0.717, 1.165) is 35.1 Å². The van der Waals surface area contributed by atoms with Crippen molar-refractivity contribution in [3.8, 4) is 22.3 Å². The molecule has 0 atom stereocenters. The fraction of sp³-hybridized carbons (Fsp3) is 0.263. The molecule has 0 amide bonds. The average molecular weight is 615 g/mol. The number of hydrogen-bond acceptors (Lipinski definition) is 6. The van der Waals surface area contributed by atoms with E-state index in [0.29, 0.717) is 37.1 Å². The molecule has 2 saturated carbocycles. The van der Waals surface area contributed by atoms with Crippen LogP contribution in [0.25, 0.3) is 33.8 Å². The first-order chi connectivity index (χ1) is 22.1. The largest absolute Gasteiger partial charge is 0.505 e. The predicted octanol–water partition coefficient (Wildman–Crippen LogP) is 6.95. The molecule has 8 heteroatoms. The first-order valence-corrected chi connectivity index (χ1v) is 15.6. The van der Waals surface area contributed by atoms with Crippen LogP contribution in [0.5, 0.6) is 0 Å². The topological polar surface area (TPSA) is 119 Å². The molecule has 2 aliphatic carbocycles. The van der Waals surface area contributed by atoms with E-state index in [1.54, 1.807) is 0 Å². The Labute approximate surface area is 266 Å². The lowest BCUT2D eigenvalue weighted by molar-refractivity contribution is -0.132. The van der Waals surface area contributed by atoms with E-state index in [9.17, 15) is 29.4 Å². The summed E-state index contributed by atoms with van der Waals surface area (Å²) in [6, 6.07) is 23.3. The third kappa shape index (κ3) is 4.12. The highest BCUT2D eigenvalue weighted by Crippen LogP contribution is 2.50. The number of nitrogens with zero attached hydrogens (tertiary/aromatic N) is 2. The smallest absolute Gasteiger partial charge is 0.196 e. The van der Waals surface area contributed by atoms with Crippen molar-refractivity contribution in [2.75, 3.05) is 0 Å². The second kappa shape index (κ2) is 10.7. The van der Waals surface area contributed by atoms with Crippen molar-refractivity contribution in [3.05, 3.63) is 108 Å². The zero-order valence-corrected chi connectivity index (χ0v) is 25.7. The molecule has 2 N–H and O–H groups in total. The molecule has 0 unspecified atom stereocenters. The van der Waals surface area contributed by atoms with Crippen LogP contribution in [0.3, 0.4) is 0 Å². The Morgan fingerprint density at radius 2 is 1.15 bits per heavy atom. The summed E-state index contributed by atoms with van der Waals surface area (Å²) in [5.41, 5.74) is 3.45. The van der Waals surface area contributed by atoms with Crippen LogP contribution < -0.4 is 0 Å². The van der Waals surface area contributed by atoms with Gasteiger partial charge in [0.1, 0.15) is 22.2 Å². The Hall–Kier alpha value is -5.24. The number of ketones is 4. The molecule has 2 aliphatic heterocycles. The van der Waals surface area contributed by atoms with Crippen molar-refractivity contribution in [3.63, 3.8) is 0 Å². The summed E-state index contributed by atoms with van der Waals surface area (Å²) in [6.45, 7) is 2.68. The van der Waals surface area contributed by atoms with Gasteiger partial charge in [0, 0.05) is 23.5 Å². The van der Waals surface area contributed by atoms with Crippen molar-refractivity contribution in [1.29, 1.82) is 0 Å². The predicted molar refractivity (Wildman–Crippen MR) is 174 cm³/mol. The fourth-order valence-electron chi connectivity index (χ4n) is 7.43. The van der Waals surface area contributed by atoms with Gasteiger partial charge in [-0.25, -0.2) is 0 Å². The van der Waals surface area contributed by atoms with Crippen LogP contribution in [0.4, 0.5) is 0 Å². The highest BCUT2D eigenvalue weighted by Gasteiger charge is 2.53. The molecule has 8 rings (SSSR count). The monoisotopic (exact) mass is 614 g/mol. The molecule has 2 spiro atoms. The molecular formula is C38H34N2O6. The minimum atomic E-state index is -0.685. The van der Waals surface area contributed by atoms with Gasteiger partial charge in [0.15, 0.2) is 34.7 Å². The van der Waals surface area contributed by atoms with Crippen molar-refractivity contribution in [1.82, 2.24) is 9.13 Å². The zero-order valence-electron chi connectivity index (χ0n) is 25.7. The van der Waals surface area contributed by atoms with Crippen LogP contribution in [0, 0.1) is 0 Å². The molecule has 232 valence electrons. The van der Waals surface area contributed by atoms with Gasteiger partial charge >= 0.3 is 0 Å². The number of aliphatic hydroxyl groups excluding tert-OH is 2. The number of rotatable bonds is 4. The number of carbonyl (C=O) groups is 4. The van der Waals surface area contributed by atoms with Gasteiger partial charge in [-0.1, -0.05) is 60.7 Å². The molecule has 4 aromatic rings. The van der Waals surface area contributed by atoms with Crippen LogP contribution >= 0.6 is 0 Å². The first-order valence-electron chi connectivity index (χ1n) is 15.6. The first kappa shape index (κ1) is 29.5. The number of benzene rings is 2. The summed E-state index contributed by atoms with van der Waals surface area (Å²) in [5, 5.41) is 21.2. The maximum absolute atomic E-state index is 12.8. The molecular weight excluding hydrogens is 580 g/mol. The van der Waals surface area contributed by atoms with E-state index in [1.807, 2.05) is 94.3 Å². The summed E-state index contributed by atoms with van der Waals surface area (Å²) in [7, 11) is 0. The SMILES string of the molecule is CC(=O)C1=C(O)c2c(-c3ccccc3)ccn2C2(CCC2)C1=O.CC(=O)C1=C(O)c2cc(-c3ccccc3)cn2C2(CCC2)C1=O. The number of Topliss-reactive ketones (excluding diaryl/α,β-unsaturated/α-hetero) is 4. The van der Waals surface area contributed by atoms with Gasteiger partial charge in [-0.2, -0.15) is 0 Å². The summed E-state index contributed by atoms with van der Waals surface area (Å²) in [6.07, 6.45) is 8.55. The number of fused-ring (bicyclic) bond motifs is 4. The van der Waals surface area contributed by atoms with Crippen LogP contribution in [-0.4, -0.2) is 42.5 Å². The third-order valence-corrected chi connectivity index (χ3v) is 10.1. The Balaban J connectivity index is 0.000000147. The lowest BCUT2D eigenvalue weighted by Crippen LogP contribution is -2.52. The van der Waals surface area contributed by atoms with Gasteiger partial charge in [-0.15, -0.1) is 0 Å². The summed E-state index contributed by atoms with van der Waals surface area (Å²) < 4.78 is 3.76. The highest BCUT2D eigenvalue weighted by atomic mass is 16.3. The van der Waals surface area contributed by atoms with Crippen molar-refractivity contribution >= 4 is 34.7 Å². The van der Waals surface area contributed by atoms with Crippen molar-refractivity contribution < 1.29 is 29.4 Å². The minimum absolute atomic E-state index is 0.0464. The summed E-state index contributed by atoms with van der Waals surface area (Å²) in [5.74, 6) is -1.60. The zero-order chi connectivity index (χ0) is 32.4. The lowest BCUT2D eigenvalue weighted by Gasteiger charge is -2.45. The van der Waals surface area contributed by atoms with Gasteiger partial charge in [-0.05, 0) is 75.6 Å². The molecule has 2 aromatic heterocycles. The Kier molecular flexibility index (Phi) is 6.85. The Bertz CT molecular complexity index is 1990. The molecule has 8 nitrogen and oxygen atoms in total. The van der Waals surface area contributed by atoms with Gasteiger partial charge in [-0.3, -0.25) is 19.2 Å². The summed E-state index contributed by atoms with van der Waals surface area (Å²) in [4.78, 5) is 49.5. The molecule has 0 radical (unpaired) electrons. The highest BCUT2D eigenvalue weighted by molar-refractivity contribution is 6.28. The van der Waals surface area contributed by atoms with Gasteiger partial charge in [0.25, 0.3) is 0 Å². The van der Waals surface area contributed by atoms with Crippen molar-refractivity contribution in [2.45, 2.75) is 63.5 Å². The minimum Gasteiger partial charge on any atom is -0.505 e. The van der Waals surface area contributed by atoms with Crippen LogP contribution in [-0.2, 0) is 30.3 Å². The normalized spacial score (nSPS) is 18.7. The Morgan fingerprint density at radius 1 is 0.652 bits per heavy atom. The molecule has 2 fully saturated rings. The van der Waals surface area contributed by atoms with Gasteiger partial charge in [0.05, 0.1) is 11.4 Å². The maximum Gasteiger partial charge on any atom is 0.196 e. The van der Waals surface area contributed by atoms with E-state index < -0.39 is 11.1 Å². The van der Waals surface area contributed by atoms with E-state index in [4.69, 9.17) is 0 Å². The van der Waals surface area contributed by atoms with Crippen molar-refractivity contribution in [2.24, 2.45) is 0 Å². The number of carbonyl (C=O) groups excluding carboxylic acids is 4. The standard InChI is InChI=1S/2C19H17NO3/c1-12(21)15-17(22)16-14(13-6-3-2-4-7-13)8-11-20(16)19(18(15)23)9-5-10-19;1-12(21)16-17(22)15-10-14(13-6-3-2-4-7-13)11-20(15)19(18(16)23)8-5-9-19/h2-4,6-8,11,22H,5,9-10H2,1H3;2-4,6-7,10-11,22H,5,8-9H2,1H3. The molecule has 2 aromatic carbocycles. The molecule has 0 bridgehead atoms. The number of aromatic nitrogens is 2. The third-order valence-electron chi connectivity index (χ3n) is 10.1. The van der Waals surface area contributed by atoms with Gasteiger partial charge in [0.2, 0.25) is 0 Å². The van der Waals surface area contributed by atoms with E-state index in [1.165, 1.54) is 13.8 Å². The maximum atomic E-state index is 12.8. The van der Waals surface area contributed by atoms with Crippen LogP contribution in [0.1, 0.15) is 63.8 Å². The summed E-state index contributed by atoms with van der Waals surface area (Å²) >= 11 is 0.